The first-order valence-corrected chi connectivity index (χ1v) is 7.60. The van der Waals surface area contributed by atoms with Gasteiger partial charge in [0.15, 0.2) is 6.23 Å². The van der Waals surface area contributed by atoms with Gasteiger partial charge in [-0.3, -0.25) is 10.1 Å². The van der Waals surface area contributed by atoms with Crippen LogP contribution in [-0.2, 0) is 4.74 Å². The van der Waals surface area contributed by atoms with Crippen LogP contribution in [0.25, 0.3) is 10.9 Å². The number of aryl methyl sites for hydroxylation is 1. The summed E-state index contributed by atoms with van der Waals surface area (Å²) >= 11 is 2.17. The highest BCUT2D eigenvalue weighted by Gasteiger charge is 2.23. The molecule has 6 nitrogen and oxygen atoms in total. The molecule has 0 bridgehead atoms. The van der Waals surface area contributed by atoms with E-state index in [0.717, 1.165) is 46.0 Å². The molecule has 7 heteroatoms. The van der Waals surface area contributed by atoms with Gasteiger partial charge in [0.1, 0.15) is 3.70 Å². The van der Waals surface area contributed by atoms with Crippen LogP contribution >= 0.6 is 22.6 Å². The lowest BCUT2D eigenvalue weighted by Gasteiger charge is -2.23. The molecular formula is C13H14IN3O3. The lowest BCUT2D eigenvalue weighted by molar-refractivity contribution is -0.384. The van der Waals surface area contributed by atoms with Gasteiger partial charge >= 0.3 is 0 Å². The number of aromatic nitrogens is 2. The summed E-state index contributed by atoms with van der Waals surface area (Å²) in [5.41, 5.74) is 1.76. The van der Waals surface area contributed by atoms with Crippen molar-refractivity contribution in [1.29, 1.82) is 0 Å². The second-order valence-electron chi connectivity index (χ2n) is 4.97. The normalized spacial score (nSPS) is 19.4. The molecule has 20 heavy (non-hydrogen) atoms. The van der Waals surface area contributed by atoms with Gasteiger partial charge in [-0.25, -0.2) is 4.68 Å². The zero-order valence-electron chi connectivity index (χ0n) is 11.0. The SMILES string of the molecule is Cc1cc([N+](=O)[O-])cc2c1c(I)nn2C1CCCCO1. The minimum absolute atomic E-state index is 0.100. The summed E-state index contributed by atoms with van der Waals surface area (Å²) in [5.74, 6) is 0. The molecule has 1 fully saturated rings. The fourth-order valence-electron chi connectivity index (χ4n) is 2.64. The van der Waals surface area contributed by atoms with E-state index in [0.29, 0.717) is 0 Å². The Bertz CT molecular complexity index is 677. The topological polar surface area (TPSA) is 70.2 Å². The molecule has 1 aromatic carbocycles. The van der Waals surface area contributed by atoms with Gasteiger partial charge in [0, 0.05) is 24.1 Å². The largest absolute Gasteiger partial charge is 0.356 e. The Morgan fingerprint density at radius 2 is 2.30 bits per heavy atom. The van der Waals surface area contributed by atoms with E-state index >= 15 is 0 Å². The van der Waals surface area contributed by atoms with E-state index in [1.807, 2.05) is 6.92 Å². The molecule has 2 heterocycles. The molecule has 0 amide bonds. The first-order valence-electron chi connectivity index (χ1n) is 6.52. The van der Waals surface area contributed by atoms with Crippen molar-refractivity contribution in [3.63, 3.8) is 0 Å². The number of hydrogen-bond acceptors (Lipinski definition) is 4. The number of nitrogens with zero attached hydrogens (tertiary/aromatic N) is 3. The van der Waals surface area contributed by atoms with Gasteiger partial charge in [-0.05, 0) is 54.3 Å². The molecule has 1 aromatic heterocycles. The third-order valence-electron chi connectivity index (χ3n) is 3.59. The van der Waals surface area contributed by atoms with Crippen LogP contribution in [0.15, 0.2) is 12.1 Å². The van der Waals surface area contributed by atoms with Gasteiger partial charge in [0.05, 0.1) is 10.4 Å². The number of ether oxygens (including phenoxy) is 1. The van der Waals surface area contributed by atoms with Crippen molar-refractivity contribution in [1.82, 2.24) is 9.78 Å². The zero-order valence-corrected chi connectivity index (χ0v) is 13.2. The van der Waals surface area contributed by atoms with E-state index in [2.05, 4.69) is 27.7 Å². The van der Waals surface area contributed by atoms with Crippen molar-refractivity contribution in [3.8, 4) is 0 Å². The fraction of sp³-hybridized carbons (Fsp3) is 0.462. The molecule has 0 spiro atoms. The van der Waals surface area contributed by atoms with Crippen molar-refractivity contribution < 1.29 is 9.66 Å². The van der Waals surface area contributed by atoms with Crippen LogP contribution in [-0.4, -0.2) is 21.3 Å². The van der Waals surface area contributed by atoms with Gasteiger partial charge in [-0.1, -0.05) is 0 Å². The summed E-state index contributed by atoms with van der Waals surface area (Å²) in [6.07, 6.45) is 2.94. The Labute approximate surface area is 129 Å². The Hall–Kier alpha value is -1.22. The number of halogens is 1. The second kappa shape index (κ2) is 5.28. The lowest BCUT2D eigenvalue weighted by Crippen LogP contribution is -2.19. The van der Waals surface area contributed by atoms with Crippen molar-refractivity contribution in [2.24, 2.45) is 0 Å². The van der Waals surface area contributed by atoms with Crippen LogP contribution in [0.4, 0.5) is 5.69 Å². The van der Waals surface area contributed by atoms with E-state index in [4.69, 9.17) is 4.74 Å². The van der Waals surface area contributed by atoms with Gasteiger partial charge < -0.3 is 4.74 Å². The Morgan fingerprint density at radius 3 is 2.95 bits per heavy atom. The molecule has 0 aliphatic carbocycles. The fourth-order valence-corrected chi connectivity index (χ4v) is 3.57. The third kappa shape index (κ3) is 2.28. The standard InChI is InChI=1S/C13H14IN3O3/c1-8-6-9(17(18)19)7-10-12(8)13(14)15-16(10)11-4-2-3-5-20-11/h6-7,11H,2-5H2,1H3. The molecular weight excluding hydrogens is 373 g/mol. The Balaban J connectivity index is 2.19. The first kappa shape index (κ1) is 13.7. The van der Waals surface area contributed by atoms with Crippen LogP contribution in [0.3, 0.4) is 0 Å². The van der Waals surface area contributed by atoms with E-state index < -0.39 is 0 Å². The van der Waals surface area contributed by atoms with Gasteiger partial charge in [-0.15, -0.1) is 0 Å². The predicted octanol–water partition coefficient (Wildman–Crippen LogP) is 3.56. The average molecular weight is 387 g/mol. The molecule has 1 aliphatic heterocycles. The smallest absolute Gasteiger partial charge is 0.271 e. The maximum absolute atomic E-state index is 11.0. The van der Waals surface area contributed by atoms with Crippen molar-refractivity contribution in [2.45, 2.75) is 32.4 Å². The summed E-state index contributed by atoms with van der Waals surface area (Å²) in [6, 6.07) is 3.19. The van der Waals surface area contributed by atoms with Crippen LogP contribution in [0.2, 0.25) is 0 Å². The number of nitro groups is 1. The average Bonchev–Trinajstić information content (AvgIpc) is 2.77. The Morgan fingerprint density at radius 1 is 1.50 bits per heavy atom. The summed E-state index contributed by atoms with van der Waals surface area (Å²) in [6.45, 7) is 2.60. The predicted molar refractivity (Wildman–Crippen MR) is 82.7 cm³/mol. The van der Waals surface area contributed by atoms with Gasteiger partial charge in [0.25, 0.3) is 5.69 Å². The maximum atomic E-state index is 11.0. The third-order valence-corrected chi connectivity index (χ3v) is 4.34. The molecule has 0 radical (unpaired) electrons. The molecule has 1 aliphatic rings. The summed E-state index contributed by atoms with van der Waals surface area (Å²) in [7, 11) is 0. The minimum Gasteiger partial charge on any atom is -0.356 e. The van der Waals surface area contributed by atoms with Gasteiger partial charge in [0.2, 0.25) is 0 Å². The molecule has 0 N–H and O–H groups in total. The van der Waals surface area contributed by atoms with E-state index in [1.165, 1.54) is 0 Å². The van der Waals surface area contributed by atoms with Crippen LogP contribution in [0, 0.1) is 20.7 Å². The highest BCUT2D eigenvalue weighted by atomic mass is 127. The van der Waals surface area contributed by atoms with Crippen molar-refractivity contribution in [3.05, 3.63) is 31.5 Å². The first-order chi connectivity index (χ1) is 9.58. The summed E-state index contributed by atoms with van der Waals surface area (Å²) < 4.78 is 8.42. The quantitative estimate of drug-likeness (QED) is 0.449. The van der Waals surface area contributed by atoms with Crippen molar-refractivity contribution in [2.75, 3.05) is 6.61 Å². The van der Waals surface area contributed by atoms with E-state index in [-0.39, 0.29) is 16.8 Å². The summed E-state index contributed by atoms with van der Waals surface area (Å²) in [4.78, 5) is 10.7. The molecule has 1 atom stereocenters. The molecule has 1 saturated heterocycles. The zero-order chi connectivity index (χ0) is 14.3. The number of benzene rings is 1. The molecule has 2 aromatic rings. The Kier molecular flexibility index (Phi) is 3.63. The van der Waals surface area contributed by atoms with Crippen LogP contribution < -0.4 is 0 Å². The van der Waals surface area contributed by atoms with Gasteiger partial charge in [-0.2, -0.15) is 5.10 Å². The minimum atomic E-state index is -0.363. The second-order valence-corrected chi connectivity index (χ2v) is 5.99. The van der Waals surface area contributed by atoms with Crippen LogP contribution in [0.1, 0.15) is 31.1 Å². The highest BCUT2D eigenvalue weighted by molar-refractivity contribution is 14.1. The number of nitro benzene ring substituents is 1. The molecule has 1 unspecified atom stereocenters. The number of rotatable bonds is 2. The number of fused-ring (bicyclic) bond motifs is 1. The monoisotopic (exact) mass is 387 g/mol. The van der Waals surface area contributed by atoms with E-state index in [1.54, 1.807) is 16.8 Å². The molecule has 0 saturated carbocycles. The lowest BCUT2D eigenvalue weighted by atomic mass is 10.1. The van der Waals surface area contributed by atoms with Crippen LogP contribution in [0.5, 0.6) is 0 Å². The van der Waals surface area contributed by atoms with E-state index in [9.17, 15) is 10.1 Å². The highest BCUT2D eigenvalue weighted by Crippen LogP contribution is 2.32. The number of non-ortho nitro benzene ring substituents is 1. The maximum Gasteiger partial charge on any atom is 0.271 e. The molecule has 106 valence electrons. The number of hydrogen-bond donors (Lipinski definition) is 0. The van der Waals surface area contributed by atoms with Crippen molar-refractivity contribution >= 4 is 39.2 Å². The summed E-state index contributed by atoms with van der Waals surface area (Å²) in [5, 5.41) is 16.5. The molecule has 3 rings (SSSR count).